The van der Waals surface area contributed by atoms with Crippen LogP contribution in [0.2, 0.25) is 0 Å². The van der Waals surface area contributed by atoms with Gasteiger partial charge in [0.1, 0.15) is 6.54 Å². The van der Waals surface area contributed by atoms with Gasteiger partial charge in [-0.1, -0.05) is 6.07 Å². The largest absolute Gasteiger partial charge is 0.325 e. The molecule has 9 nitrogen and oxygen atoms in total. The Balaban J connectivity index is 1.49. The first-order valence-electron chi connectivity index (χ1n) is 10.3. The number of thioether (sulfide) groups is 1. The Labute approximate surface area is 199 Å². The molecule has 4 rings (SSSR count). The van der Waals surface area contributed by atoms with Crippen LogP contribution in [0.3, 0.4) is 0 Å². The number of non-ortho nitro benzene ring substituents is 1. The number of benzene rings is 2. The van der Waals surface area contributed by atoms with Gasteiger partial charge >= 0.3 is 0 Å². The lowest BCUT2D eigenvalue weighted by atomic mass is 10.1. The van der Waals surface area contributed by atoms with E-state index in [1.165, 1.54) is 12.1 Å². The second-order valence-electron chi connectivity index (χ2n) is 7.69. The number of amides is 3. The molecule has 1 aromatic heterocycles. The maximum atomic E-state index is 12.8. The van der Waals surface area contributed by atoms with E-state index in [-0.39, 0.29) is 10.6 Å². The molecule has 3 aromatic rings. The fourth-order valence-corrected chi connectivity index (χ4v) is 4.24. The van der Waals surface area contributed by atoms with Crippen molar-refractivity contribution >= 4 is 46.3 Å². The Morgan fingerprint density at radius 1 is 1.09 bits per heavy atom. The van der Waals surface area contributed by atoms with Gasteiger partial charge in [0.15, 0.2) is 0 Å². The monoisotopic (exact) mass is 476 g/mol. The van der Waals surface area contributed by atoms with Gasteiger partial charge in [0.05, 0.1) is 9.83 Å². The third kappa shape index (κ3) is 4.76. The first-order chi connectivity index (χ1) is 16.2. The van der Waals surface area contributed by atoms with E-state index >= 15 is 0 Å². The number of rotatable bonds is 6. The molecule has 0 saturated carbocycles. The van der Waals surface area contributed by atoms with Gasteiger partial charge in [-0.25, -0.2) is 0 Å². The highest BCUT2D eigenvalue weighted by atomic mass is 32.2. The van der Waals surface area contributed by atoms with Crippen LogP contribution in [0.1, 0.15) is 16.8 Å². The molecular weight excluding hydrogens is 456 g/mol. The molecule has 0 unspecified atom stereocenters. The van der Waals surface area contributed by atoms with E-state index in [9.17, 15) is 24.5 Å². The Hall–Kier alpha value is -4.18. The normalized spacial score (nSPS) is 14.6. The number of aromatic nitrogens is 1. The Kier molecular flexibility index (Phi) is 6.33. The van der Waals surface area contributed by atoms with E-state index < -0.39 is 28.5 Å². The summed E-state index contributed by atoms with van der Waals surface area (Å²) in [7, 11) is 0. The molecule has 0 atom stereocenters. The lowest BCUT2D eigenvalue weighted by Gasteiger charge is -2.13. The lowest BCUT2D eigenvalue weighted by Crippen LogP contribution is -2.36. The molecule has 172 valence electrons. The first kappa shape index (κ1) is 23.0. The number of aryl methyl sites for hydroxylation is 2. The highest BCUT2D eigenvalue weighted by Gasteiger charge is 2.36. The van der Waals surface area contributed by atoms with Crippen LogP contribution in [-0.2, 0) is 9.59 Å². The van der Waals surface area contributed by atoms with Crippen molar-refractivity contribution in [2.75, 3.05) is 11.9 Å². The lowest BCUT2D eigenvalue weighted by molar-refractivity contribution is -0.384. The summed E-state index contributed by atoms with van der Waals surface area (Å²) < 4.78 is 1.74. The maximum absolute atomic E-state index is 12.8. The molecule has 1 saturated heterocycles. The van der Waals surface area contributed by atoms with Crippen molar-refractivity contribution in [1.29, 1.82) is 0 Å². The fraction of sp³-hybridized carbons (Fsp3) is 0.125. The van der Waals surface area contributed by atoms with Gasteiger partial charge < -0.3 is 9.88 Å². The first-order valence-corrected chi connectivity index (χ1v) is 11.1. The summed E-state index contributed by atoms with van der Waals surface area (Å²) in [4.78, 5) is 49.2. The topological polar surface area (TPSA) is 115 Å². The van der Waals surface area contributed by atoms with Crippen LogP contribution < -0.4 is 5.32 Å². The predicted octanol–water partition coefficient (Wildman–Crippen LogP) is 4.68. The van der Waals surface area contributed by atoms with Crippen molar-refractivity contribution in [1.82, 2.24) is 9.47 Å². The molecule has 2 heterocycles. The second-order valence-corrected chi connectivity index (χ2v) is 8.68. The van der Waals surface area contributed by atoms with Gasteiger partial charge in [-0.05, 0) is 79.2 Å². The number of nitrogens with one attached hydrogen (secondary N) is 1. The zero-order valence-corrected chi connectivity index (χ0v) is 19.2. The summed E-state index contributed by atoms with van der Waals surface area (Å²) in [6.45, 7) is 3.50. The van der Waals surface area contributed by atoms with E-state index in [2.05, 4.69) is 5.32 Å². The van der Waals surface area contributed by atoms with Crippen LogP contribution in [0.25, 0.3) is 11.8 Å². The number of carbonyl (C=O) groups excluding carboxylic acids is 3. The van der Waals surface area contributed by atoms with E-state index in [1.54, 1.807) is 47.2 Å². The highest BCUT2D eigenvalue weighted by Crippen LogP contribution is 2.32. The minimum atomic E-state index is -0.554. The van der Waals surface area contributed by atoms with Crippen molar-refractivity contribution in [3.8, 4) is 5.69 Å². The quantitative estimate of drug-likeness (QED) is 0.314. The number of hydrogen-bond donors (Lipinski definition) is 1. The standard InChI is InChI=1S/C24H20N4O5S/c1-15-5-6-17(12-16(15)2)25-22(29)14-27-23(30)21(34-24(27)31)13-20-4-3-11-26(20)18-7-9-19(10-8-18)28(32)33/h3-13H,14H2,1-2H3,(H,25,29). The van der Waals surface area contributed by atoms with E-state index in [4.69, 9.17) is 0 Å². The Bertz CT molecular complexity index is 1340. The molecule has 10 heteroatoms. The average molecular weight is 477 g/mol. The molecule has 1 aliphatic rings. The smallest absolute Gasteiger partial charge is 0.294 e. The molecule has 0 bridgehead atoms. The minimum Gasteiger partial charge on any atom is -0.325 e. The highest BCUT2D eigenvalue weighted by molar-refractivity contribution is 8.18. The van der Waals surface area contributed by atoms with Crippen LogP contribution in [-0.4, -0.2) is 38.0 Å². The number of nitrogens with zero attached hydrogens (tertiary/aromatic N) is 3. The third-order valence-electron chi connectivity index (χ3n) is 5.36. The van der Waals surface area contributed by atoms with Gasteiger partial charge in [0.25, 0.3) is 16.8 Å². The minimum absolute atomic E-state index is 0.0300. The summed E-state index contributed by atoms with van der Waals surface area (Å²) in [5.41, 5.74) is 3.94. The third-order valence-corrected chi connectivity index (χ3v) is 6.27. The summed E-state index contributed by atoms with van der Waals surface area (Å²) >= 11 is 0.759. The zero-order chi connectivity index (χ0) is 24.4. The van der Waals surface area contributed by atoms with Gasteiger partial charge in [-0.15, -0.1) is 0 Å². The van der Waals surface area contributed by atoms with Crippen molar-refractivity contribution in [3.05, 3.63) is 92.6 Å². The van der Waals surface area contributed by atoms with Crippen LogP contribution in [0.5, 0.6) is 0 Å². The molecule has 0 radical (unpaired) electrons. The summed E-state index contributed by atoms with van der Waals surface area (Å²) in [5.74, 6) is -1.03. The summed E-state index contributed by atoms with van der Waals surface area (Å²) in [5, 5.41) is 13.1. The predicted molar refractivity (Wildman–Crippen MR) is 130 cm³/mol. The van der Waals surface area contributed by atoms with Crippen LogP contribution in [0.15, 0.2) is 65.7 Å². The second kappa shape index (κ2) is 9.36. The fourth-order valence-electron chi connectivity index (χ4n) is 3.42. The molecule has 1 fully saturated rings. The molecule has 1 aliphatic heterocycles. The van der Waals surface area contributed by atoms with Gasteiger partial charge in [-0.2, -0.15) is 0 Å². The van der Waals surface area contributed by atoms with Crippen LogP contribution in [0, 0.1) is 24.0 Å². The number of nitro groups is 1. The summed E-state index contributed by atoms with van der Waals surface area (Å²) in [6.07, 6.45) is 3.31. The Morgan fingerprint density at radius 3 is 2.50 bits per heavy atom. The van der Waals surface area contributed by atoms with Gasteiger partial charge in [0.2, 0.25) is 5.91 Å². The number of carbonyl (C=O) groups is 3. The Morgan fingerprint density at radius 2 is 1.82 bits per heavy atom. The SMILES string of the molecule is Cc1ccc(NC(=O)CN2C(=O)SC(=Cc3cccn3-c3ccc([N+](=O)[O-])cc3)C2=O)cc1C. The van der Waals surface area contributed by atoms with Gasteiger partial charge in [0, 0.05) is 35.4 Å². The van der Waals surface area contributed by atoms with Crippen molar-refractivity contribution in [3.63, 3.8) is 0 Å². The number of nitro benzene ring substituents is 1. The molecule has 34 heavy (non-hydrogen) atoms. The molecule has 1 N–H and O–H groups in total. The van der Waals surface area contributed by atoms with E-state index in [0.29, 0.717) is 17.1 Å². The number of anilines is 1. The maximum Gasteiger partial charge on any atom is 0.294 e. The molecular formula is C24H20N4O5S. The van der Waals surface area contributed by atoms with E-state index in [1.807, 2.05) is 26.0 Å². The number of imide groups is 1. The molecule has 0 spiro atoms. The molecule has 3 amide bonds. The summed E-state index contributed by atoms with van der Waals surface area (Å²) in [6, 6.07) is 15.0. The van der Waals surface area contributed by atoms with Crippen LogP contribution in [0.4, 0.5) is 16.2 Å². The van der Waals surface area contributed by atoms with Crippen molar-refractivity contribution in [2.24, 2.45) is 0 Å². The van der Waals surface area contributed by atoms with Crippen LogP contribution >= 0.6 is 11.8 Å². The molecule has 2 aromatic carbocycles. The number of hydrogen-bond acceptors (Lipinski definition) is 6. The van der Waals surface area contributed by atoms with Gasteiger partial charge in [-0.3, -0.25) is 29.4 Å². The van der Waals surface area contributed by atoms with Crippen molar-refractivity contribution in [2.45, 2.75) is 13.8 Å². The molecule has 0 aliphatic carbocycles. The average Bonchev–Trinajstić information content (AvgIpc) is 3.36. The van der Waals surface area contributed by atoms with Crippen molar-refractivity contribution < 1.29 is 19.3 Å². The van der Waals surface area contributed by atoms with E-state index in [0.717, 1.165) is 27.8 Å². The zero-order valence-electron chi connectivity index (χ0n) is 18.3.